The molecule has 0 aromatic heterocycles. The van der Waals surface area contributed by atoms with Gasteiger partial charge in [0.2, 0.25) is 6.16 Å². The first-order chi connectivity index (χ1) is 6.18. The van der Waals surface area contributed by atoms with Gasteiger partial charge in [-0.3, -0.25) is 0 Å². The lowest BCUT2D eigenvalue weighted by Crippen LogP contribution is -1.95. The summed E-state index contributed by atoms with van der Waals surface area (Å²) in [7, 11) is -1.55. The quantitative estimate of drug-likeness (QED) is 0.692. The molecule has 0 aliphatic carbocycles. The fourth-order valence-corrected chi connectivity index (χ4v) is 2.06. The van der Waals surface area contributed by atoms with E-state index >= 15 is 0 Å². The van der Waals surface area contributed by atoms with Crippen molar-refractivity contribution in [2.75, 3.05) is 0 Å². The molecule has 0 spiro atoms. The second-order valence-electron chi connectivity index (χ2n) is 3.13. The molecule has 0 aliphatic heterocycles. The number of benzene rings is 1. The van der Waals surface area contributed by atoms with Crippen LogP contribution in [0.3, 0.4) is 0 Å². The van der Waals surface area contributed by atoms with Crippen molar-refractivity contribution in [3.05, 3.63) is 35.9 Å². The van der Waals surface area contributed by atoms with Crippen molar-refractivity contribution in [1.29, 1.82) is 0 Å². The van der Waals surface area contributed by atoms with Gasteiger partial charge in [-0.05, 0) is 18.4 Å². The van der Waals surface area contributed by atoms with Gasteiger partial charge in [0.15, 0.2) is 0 Å². The smallest absolute Gasteiger partial charge is 0.143 e. The molecule has 1 aromatic rings. The average molecular weight is 197 g/mol. The summed E-state index contributed by atoms with van der Waals surface area (Å²) < 4.78 is 16.5. The van der Waals surface area contributed by atoms with Gasteiger partial charge in [0.1, 0.15) is 6.10 Å². The minimum Gasteiger partial charge on any atom is -0.143 e. The van der Waals surface area contributed by atoms with Gasteiger partial charge in [0, 0.05) is 5.56 Å². The summed E-state index contributed by atoms with van der Waals surface area (Å²) in [6.07, 6.45) is 0.543. The van der Waals surface area contributed by atoms with Crippen molar-refractivity contribution in [3.8, 4) is 0 Å². The van der Waals surface area contributed by atoms with Crippen LogP contribution in [0.1, 0.15) is 19.4 Å². The number of hydrogen-bond donors (Lipinski definition) is 0. The molecule has 0 saturated heterocycles. The molecule has 0 amide bonds. The SMILES string of the molecule is CC(C)O[P+](=O)Cc1ccccc1. The lowest BCUT2D eigenvalue weighted by atomic mass is 10.2. The van der Waals surface area contributed by atoms with Crippen LogP contribution in [0.15, 0.2) is 30.3 Å². The molecule has 0 N–H and O–H groups in total. The second-order valence-corrected chi connectivity index (χ2v) is 4.32. The summed E-state index contributed by atoms with van der Waals surface area (Å²) in [6, 6.07) is 9.73. The zero-order valence-corrected chi connectivity index (χ0v) is 8.83. The normalized spacial score (nSPS) is 11.8. The molecule has 70 valence electrons. The Hall–Kier alpha value is -0.720. The molecular formula is C10H14O2P+. The molecular weight excluding hydrogens is 183 g/mol. The molecule has 0 fully saturated rings. The first kappa shape index (κ1) is 10.4. The van der Waals surface area contributed by atoms with Crippen LogP contribution in [0, 0.1) is 0 Å². The lowest BCUT2D eigenvalue weighted by molar-refractivity contribution is 0.255. The Balaban J connectivity index is 2.46. The Kier molecular flexibility index (Phi) is 4.07. The Labute approximate surface area is 79.8 Å². The van der Waals surface area contributed by atoms with Crippen LogP contribution in [0.4, 0.5) is 0 Å². The van der Waals surface area contributed by atoms with Crippen molar-refractivity contribution in [2.24, 2.45) is 0 Å². The summed E-state index contributed by atoms with van der Waals surface area (Å²) in [6.45, 7) is 3.77. The molecule has 1 atom stereocenters. The van der Waals surface area contributed by atoms with Crippen LogP contribution in [0.25, 0.3) is 0 Å². The highest BCUT2D eigenvalue weighted by molar-refractivity contribution is 7.38. The van der Waals surface area contributed by atoms with Crippen LogP contribution >= 0.6 is 8.03 Å². The van der Waals surface area contributed by atoms with Crippen LogP contribution in [-0.4, -0.2) is 6.10 Å². The minimum absolute atomic E-state index is 0.0346. The molecule has 0 bridgehead atoms. The maximum atomic E-state index is 11.3. The van der Waals surface area contributed by atoms with Crippen LogP contribution in [0.5, 0.6) is 0 Å². The van der Waals surface area contributed by atoms with E-state index in [1.54, 1.807) is 0 Å². The van der Waals surface area contributed by atoms with E-state index in [9.17, 15) is 4.57 Å². The molecule has 1 unspecified atom stereocenters. The van der Waals surface area contributed by atoms with Crippen molar-refractivity contribution >= 4 is 8.03 Å². The summed E-state index contributed by atoms with van der Waals surface area (Å²) in [5, 5.41) is 0. The van der Waals surface area contributed by atoms with Gasteiger partial charge in [-0.25, -0.2) is 0 Å². The largest absolute Gasteiger partial charge is 0.513 e. The van der Waals surface area contributed by atoms with E-state index in [-0.39, 0.29) is 6.10 Å². The van der Waals surface area contributed by atoms with E-state index in [4.69, 9.17) is 4.52 Å². The topological polar surface area (TPSA) is 26.3 Å². The van der Waals surface area contributed by atoms with Crippen molar-refractivity contribution in [2.45, 2.75) is 26.1 Å². The van der Waals surface area contributed by atoms with E-state index in [0.717, 1.165) is 5.56 Å². The van der Waals surface area contributed by atoms with E-state index in [2.05, 4.69) is 0 Å². The zero-order valence-electron chi connectivity index (χ0n) is 7.93. The second kappa shape index (κ2) is 5.11. The van der Waals surface area contributed by atoms with Crippen LogP contribution < -0.4 is 0 Å². The molecule has 0 heterocycles. The highest BCUT2D eigenvalue weighted by Crippen LogP contribution is 2.29. The maximum absolute atomic E-state index is 11.3. The van der Waals surface area contributed by atoms with Crippen molar-refractivity contribution in [3.63, 3.8) is 0 Å². The van der Waals surface area contributed by atoms with Gasteiger partial charge in [-0.15, -0.1) is 4.52 Å². The van der Waals surface area contributed by atoms with E-state index < -0.39 is 8.03 Å². The van der Waals surface area contributed by atoms with Crippen molar-refractivity contribution < 1.29 is 9.09 Å². The monoisotopic (exact) mass is 197 g/mol. The van der Waals surface area contributed by atoms with E-state index in [1.165, 1.54) is 0 Å². The summed E-state index contributed by atoms with van der Waals surface area (Å²) in [4.78, 5) is 0. The van der Waals surface area contributed by atoms with Gasteiger partial charge < -0.3 is 0 Å². The fraction of sp³-hybridized carbons (Fsp3) is 0.400. The Bertz CT molecular complexity index is 270. The summed E-state index contributed by atoms with van der Waals surface area (Å²) >= 11 is 0. The molecule has 1 aromatic carbocycles. The number of hydrogen-bond acceptors (Lipinski definition) is 2. The molecule has 0 aliphatic rings. The predicted molar refractivity (Wildman–Crippen MR) is 54.0 cm³/mol. The summed E-state index contributed by atoms with van der Waals surface area (Å²) in [5.41, 5.74) is 1.06. The first-order valence-electron chi connectivity index (χ1n) is 4.34. The van der Waals surface area contributed by atoms with Gasteiger partial charge in [-0.2, -0.15) is 0 Å². The van der Waals surface area contributed by atoms with Crippen LogP contribution in [0.2, 0.25) is 0 Å². The zero-order chi connectivity index (χ0) is 9.68. The third kappa shape index (κ3) is 4.16. The summed E-state index contributed by atoms with van der Waals surface area (Å²) in [5.74, 6) is 0. The lowest BCUT2D eigenvalue weighted by Gasteiger charge is -1.94. The van der Waals surface area contributed by atoms with E-state index in [0.29, 0.717) is 6.16 Å². The number of rotatable bonds is 4. The van der Waals surface area contributed by atoms with Crippen LogP contribution in [-0.2, 0) is 15.3 Å². The molecule has 0 saturated carbocycles. The molecule has 0 radical (unpaired) electrons. The predicted octanol–water partition coefficient (Wildman–Crippen LogP) is 3.35. The standard InChI is InChI=1S/C10H14O2P/c1-9(2)12-13(11)8-10-6-4-3-5-7-10/h3-7,9H,8H2,1-2H3/q+1. The van der Waals surface area contributed by atoms with Gasteiger partial charge >= 0.3 is 8.03 Å². The first-order valence-corrected chi connectivity index (χ1v) is 5.70. The molecule has 1 rings (SSSR count). The highest BCUT2D eigenvalue weighted by atomic mass is 31.1. The van der Waals surface area contributed by atoms with Gasteiger partial charge in [-0.1, -0.05) is 30.3 Å². The third-order valence-electron chi connectivity index (χ3n) is 1.48. The van der Waals surface area contributed by atoms with Gasteiger partial charge in [0.05, 0.1) is 0 Å². The Morgan fingerprint density at radius 2 is 1.92 bits per heavy atom. The third-order valence-corrected chi connectivity index (χ3v) is 2.76. The van der Waals surface area contributed by atoms with Crippen molar-refractivity contribution in [1.82, 2.24) is 0 Å². The fourth-order valence-electron chi connectivity index (χ4n) is 1.00. The molecule has 3 heteroatoms. The van der Waals surface area contributed by atoms with Gasteiger partial charge in [0.25, 0.3) is 0 Å². The highest BCUT2D eigenvalue weighted by Gasteiger charge is 2.19. The average Bonchev–Trinajstić information content (AvgIpc) is 2.04. The Morgan fingerprint density at radius 1 is 1.31 bits per heavy atom. The molecule has 2 nitrogen and oxygen atoms in total. The molecule has 13 heavy (non-hydrogen) atoms. The van der Waals surface area contributed by atoms with E-state index in [1.807, 2.05) is 44.2 Å². The Morgan fingerprint density at radius 3 is 2.46 bits per heavy atom. The minimum atomic E-state index is -1.55. The maximum Gasteiger partial charge on any atom is 0.513 e.